The smallest absolute Gasteiger partial charge is 0.355 e. The molecule has 0 saturated heterocycles. The summed E-state index contributed by atoms with van der Waals surface area (Å²) in [7, 11) is 0. The lowest BCUT2D eigenvalue weighted by molar-refractivity contribution is -0.144. The monoisotopic (exact) mass is 356 g/mol. The van der Waals surface area contributed by atoms with Crippen molar-refractivity contribution in [2.24, 2.45) is 0 Å². The highest BCUT2D eigenvalue weighted by Gasteiger charge is 2.15. The second-order valence-electron chi connectivity index (χ2n) is 5.25. The van der Waals surface area contributed by atoms with Crippen LogP contribution in [-0.2, 0) is 19.1 Å². The molecule has 2 aromatic rings. The number of hydrogen-bond acceptors (Lipinski definition) is 4. The number of nitrogens with one attached hydrogen (secondary N) is 2. The van der Waals surface area contributed by atoms with Crippen LogP contribution >= 0.6 is 0 Å². The van der Waals surface area contributed by atoms with Crippen LogP contribution in [0.4, 0.5) is 10.1 Å². The summed E-state index contributed by atoms with van der Waals surface area (Å²) in [5, 5.41) is 4.66. The van der Waals surface area contributed by atoms with E-state index in [1.165, 1.54) is 31.2 Å². The summed E-state index contributed by atoms with van der Waals surface area (Å²) in [6.07, 6.45) is 1.43. The number of carbonyl (C=O) groups is 3. The van der Waals surface area contributed by atoms with Gasteiger partial charge >= 0.3 is 5.97 Å². The van der Waals surface area contributed by atoms with Gasteiger partial charge in [0, 0.05) is 6.92 Å². The number of para-hydroxylation sites is 1. The molecule has 0 bridgehead atoms. The van der Waals surface area contributed by atoms with Crippen LogP contribution in [0.15, 0.2) is 60.3 Å². The van der Waals surface area contributed by atoms with E-state index in [-0.39, 0.29) is 11.4 Å². The largest absolute Gasteiger partial charge is 0.451 e. The zero-order chi connectivity index (χ0) is 18.9. The molecule has 0 fully saturated rings. The van der Waals surface area contributed by atoms with Gasteiger partial charge in [0.1, 0.15) is 11.5 Å². The summed E-state index contributed by atoms with van der Waals surface area (Å²) in [5.74, 6) is -2.65. The van der Waals surface area contributed by atoms with E-state index in [2.05, 4.69) is 10.6 Å². The van der Waals surface area contributed by atoms with E-state index in [9.17, 15) is 18.8 Å². The highest BCUT2D eigenvalue weighted by Crippen LogP contribution is 2.12. The van der Waals surface area contributed by atoms with Crippen LogP contribution in [0.1, 0.15) is 12.5 Å². The molecule has 0 aliphatic carbocycles. The number of amides is 2. The van der Waals surface area contributed by atoms with Gasteiger partial charge in [0.05, 0.1) is 5.69 Å². The molecule has 0 aliphatic rings. The molecule has 7 heteroatoms. The van der Waals surface area contributed by atoms with Crippen LogP contribution in [0, 0.1) is 5.82 Å². The summed E-state index contributed by atoms with van der Waals surface area (Å²) in [5.41, 5.74) is 0.543. The number of carbonyl (C=O) groups excluding carboxylic acids is 3. The molecular weight excluding hydrogens is 339 g/mol. The molecule has 0 spiro atoms. The molecule has 0 heterocycles. The molecule has 26 heavy (non-hydrogen) atoms. The third-order valence-corrected chi connectivity index (χ3v) is 3.12. The van der Waals surface area contributed by atoms with E-state index >= 15 is 0 Å². The highest BCUT2D eigenvalue weighted by molar-refractivity contribution is 5.99. The lowest BCUT2D eigenvalue weighted by atomic mass is 10.2. The Labute approximate surface area is 149 Å². The predicted octanol–water partition coefficient (Wildman–Crippen LogP) is 2.48. The van der Waals surface area contributed by atoms with E-state index in [1.54, 1.807) is 36.4 Å². The quantitative estimate of drug-likeness (QED) is 0.615. The molecule has 2 amide bonds. The maximum absolute atomic E-state index is 13.5. The van der Waals surface area contributed by atoms with Gasteiger partial charge in [0.2, 0.25) is 5.91 Å². The number of hydrogen-bond donors (Lipinski definition) is 2. The zero-order valence-corrected chi connectivity index (χ0v) is 14.0. The average Bonchev–Trinajstić information content (AvgIpc) is 2.61. The van der Waals surface area contributed by atoms with Crippen molar-refractivity contribution in [2.75, 3.05) is 11.9 Å². The number of anilines is 1. The van der Waals surface area contributed by atoms with E-state index in [4.69, 9.17) is 4.74 Å². The summed E-state index contributed by atoms with van der Waals surface area (Å²) in [4.78, 5) is 35.2. The van der Waals surface area contributed by atoms with Crippen molar-refractivity contribution in [3.63, 3.8) is 0 Å². The SMILES string of the molecule is CC(=O)N/C(=C\c1ccccc1)C(=O)OCC(=O)Nc1ccccc1F. The van der Waals surface area contributed by atoms with Gasteiger partial charge in [-0.3, -0.25) is 9.59 Å². The Morgan fingerprint density at radius 2 is 1.69 bits per heavy atom. The van der Waals surface area contributed by atoms with E-state index in [0.29, 0.717) is 5.56 Å². The molecule has 2 N–H and O–H groups in total. The molecule has 2 rings (SSSR count). The van der Waals surface area contributed by atoms with Gasteiger partial charge in [0.15, 0.2) is 6.61 Å². The molecule has 0 unspecified atom stereocenters. The Balaban J connectivity index is 2.00. The van der Waals surface area contributed by atoms with Crippen molar-refractivity contribution in [2.45, 2.75) is 6.92 Å². The van der Waals surface area contributed by atoms with Crippen LogP contribution in [-0.4, -0.2) is 24.4 Å². The first-order valence-corrected chi connectivity index (χ1v) is 7.71. The number of halogens is 1. The third kappa shape index (κ3) is 5.86. The lowest BCUT2D eigenvalue weighted by Gasteiger charge is -2.10. The number of esters is 1. The number of benzene rings is 2. The standard InChI is InChI=1S/C19H17FN2O4/c1-13(23)21-17(11-14-7-3-2-4-8-14)19(25)26-12-18(24)22-16-10-6-5-9-15(16)20/h2-11H,12H2,1H3,(H,21,23)(H,22,24)/b17-11-. The van der Waals surface area contributed by atoms with Crippen molar-refractivity contribution in [1.29, 1.82) is 0 Å². The first-order valence-electron chi connectivity index (χ1n) is 7.71. The van der Waals surface area contributed by atoms with Gasteiger partial charge in [-0.25, -0.2) is 9.18 Å². The lowest BCUT2D eigenvalue weighted by Crippen LogP contribution is -2.29. The van der Waals surface area contributed by atoms with Crippen LogP contribution < -0.4 is 10.6 Å². The fourth-order valence-electron chi connectivity index (χ4n) is 2.01. The highest BCUT2D eigenvalue weighted by atomic mass is 19.1. The van der Waals surface area contributed by atoms with E-state index in [0.717, 1.165) is 0 Å². The van der Waals surface area contributed by atoms with Gasteiger partial charge in [-0.2, -0.15) is 0 Å². The summed E-state index contributed by atoms with van der Waals surface area (Å²) < 4.78 is 18.4. The number of ether oxygens (including phenoxy) is 1. The molecule has 134 valence electrons. The Bertz CT molecular complexity index is 834. The zero-order valence-electron chi connectivity index (χ0n) is 14.0. The van der Waals surface area contributed by atoms with Crippen molar-refractivity contribution in [3.8, 4) is 0 Å². The van der Waals surface area contributed by atoms with Gasteiger partial charge < -0.3 is 15.4 Å². The van der Waals surface area contributed by atoms with Crippen LogP contribution in [0.5, 0.6) is 0 Å². The van der Waals surface area contributed by atoms with E-state index < -0.39 is 30.2 Å². The Kier molecular flexibility index (Phi) is 6.61. The molecule has 6 nitrogen and oxygen atoms in total. The predicted molar refractivity (Wildman–Crippen MR) is 94.2 cm³/mol. The van der Waals surface area contributed by atoms with Crippen molar-refractivity contribution < 1.29 is 23.5 Å². The summed E-state index contributed by atoms with van der Waals surface area (Å²) >= 11 is 0. The van der Waals surface area contributed by atoms with Gasteiger partial charge in [-0.15, -0.1) is 0 Å². The topological polar surface area (TPSA) is 84.5 Å². The Hall–Kier alpha value is -3.48. The van der Waals surface area contributed by atoms with Crippen molar-refractivity contribution in [3.05, 3.63) is 71.7 Å². The fourth-order valence-corrected chi connectivity index (χ4v) is 2.01. The third-order valence-electron chi connectivity index (χ3n) is 3.12. The van der Waals surface area contributed by atoms with Crippen LogP contribution in [0.3, 0.4) is 0 Å². The van der Waals surface area contributed by atoms with Crippen LogP contribution in [0.2, 0.25) is 0 Å². The first kappa shape index (κ1) is 18.9. The molecule has 0 aliphatic heterocycles. The maximum Gasteiger partial charge on any atom is 0.355 e. The minimum Gasteiger partial charge on any atom is -0.451 e. The van der Waals surface area contributed by atoms with Crippen LogP contribution in [0.25, 0.3) is 6.08 Å². The maximum atomic E-state index is 13.5. The Morgan fingerprint density at radius 3 is 2.35 bits per heavy atom. The van der Waals surface area contributed by atoms with E-state index in [1.807, 2.05) is 0 Å². The molecule has 0 saturated carbocycles. The summed E-state index contributed by atoms with van der Waals surface area (Å²) in [6.45, 7) is 0.621. The van der Waals surface area contributed by atoms with Gasteiger partial charge in [0.25, 0.3) is 5.91 Å². The molecule has 0 aromatic heterocycles. The second kappa shape index (κ2) is 9.12. The molecule has 2 aromatic carbocycles. The van der Waals surface area contributed by atoms with Crippen molar-refractivity contribution in [1.82, 2.24) is 5.32 Å². The Morgan fingerprint density at radius 1 is 1.04 bits per heavy atom. The molecule has 0 atom stereocenters. The second-order valence-corrected chi connectivity index (χ2v) is 5.25. The normalized spacial score (nSPS) is 10.8. The van der Waals surface area contributed by atoms with Gasteiger partial charge in [-0.1, -0.05) is 42.5 Å². The summed E-state index contributed by atoms with van der Waals surface area (Å²) in [6, 6.07) is 14.4. The molecular formula is C19H17FN2O4. The first-order chi connectivity index (χ1) is 12.5. The van der Waals surface area contributed by atoms with Gasteiger partial charge in [-0.05, 0) is 23.8 Å². The average molecular weight is 356 g/mol. The number of rotatable bonds is 6. The minimum atomic E-state index is -0.882. The van der Waals surface area contributed by atoms with Crippen molar-refractivity contribution >= 4 is 29.5 Å². The minimum absolute atomic E-state index is 0.0181. The molecule has 0 radical (unpaired) electrons. The fraction of sp³-hybridized carbons (Fsp3) is 0.105.